The van der Waals surface area contributed by atoms with E-state index < -0.39 is 6.04 Å². The van der Waals surface area contributed by atoms with E-state index in [1.54, 1.807) is 18.0 Å². The summed E-state index contributed by atoms with van der Waals surface area (Å²) in [7, 11) is 1.63. The van der Waals surface area contributed by atoms with E-state index >= 15 is 0 Å². The van der Waals surface area contributed by atoms with E-state index in [-0.39, 0.29) is 11.8 Å². The predicted molar refractivity (Wildman–Crippen MR) is 132 cm³/mol. The van der Waals surface area contributed by atoms with Crippen LogP contribution < -0.4 is 10.6 Å². The number of rotatable bonds is 6. The van der Waals surface area contributed by atoms with Gasteiger partial charge in [-0.3, -0.25) is 14.5 Å². The number of carbonyl (C=O) groups excluding carboxylic acids is 2. The molecule has 8 heteroatoms. The Balaban J connectivity index is 1.48. The fourth-order valence-corrected chi connectivity index (χ4v) is 4.27. The van der Waals surface area contributed by atoms with Crippen molar-refractivity contribution in [2.45, 2.75) is 26.4 Å². The summed E-state index contributed by atoms with van der Waals surface area (Å²) in [6, 6.07) is 18.9. The molecule has 176 valence electrons. The number of benzene rings is 2. The quantitative estimate of drug-likeness (QED) is 0.590. The summed E-state index contributed by atoms with van der Waals surface area (Å²) in [5.74, 6) is 1.19. The highest BCUT2D eigenvalue weighted by atomic mass is 16.2. The summed E-state index contributed by atoms with van der Waals surface area (Å²) in [4.78, 5) is 38.6. The first-order valence-corrected chi connectivity index (χ1v) is 11.4. The fourth-order valence-electron chi connectivity index (χ4n) is 4.27. The van der Waals surface area contributed by atoms with Crippen molar-refractivity contribution in [2.75, 3.05) is 32.0 Å². The summed E-state index contributed by atoms with van der Waals surface area (Å²) in [6.07, 6.45) is 0. The number of hydrogen-bond acceptors (Lipinski definition) is 6. The van der Waals surface area contributed by atoms with E-state index in [0.29, 0.717) is 43.4 Å². The monoisotopic (exact) mass is 458 g/mol. The average Bonchev–Trinajstić information content (AvgIpc) is 2.83. The van der Waals surface area contributed by atoms with Crippen LogP contribution in [0.4, 0.5) is 11.5 Å². The number of carbonyl (C=O) groups is 2. The zero-order valence-electron chi connectivity index (χ0n) is 19.8. The molecule has 0 aliphatic carbocycles. The van der Waals surface area contributed by atoms with Gasteiger partial charge in [0.1, 0.15) is 17.7 Å². The van der Waals surface area contributed by atoms with Crippen LogP contribution >= 0.6 is 0 Å². The molecule has 1 aromatic heterocycles. The highest BCUT2D eigenvalue weighted by Crippen LogP contribution is 2.20. The van der Waals surface area contributed by atoms with Crippen molar-refractivity contribution in [1.29, 1.82) is 0 Å². The van der Waals surface area contributed by atoms with Gasteiger partial charge in [0, 0.05) is 56.2 Å². The smallest absolute Gasteiger partial charge is 0.254 e. The maximum atomic E-state index is 13.4. The summed E-state index contributed by atoms with van der Waals surface area (Å²) < 4.78 is 0. The van der Waals surface area contributed by atoms with E-state index in [9.17, 15) is 9.59 Å². The normalized spacial score (nSPS) is 16.2. The van der Waals surface area contributed by atoms with Crippen LogP contribution in [0.5, 0.6) is 0 Å². The maximum Gasteiger partial charge on any atom is 0.254 e. The third-order valence-electron chi connectivity index (χ3n) is 5.90. The predicted octanol–water partition coefficient (Wildman–Crippen LogP) is 2.91. The van der Waals surface area contributed by atoms with Gasteiger partial charge in [0.2, 0.25) is 5.91 Å². The van der Waals surface area contributed by atoms with Crippen molar-refractivity contribution in [1.82, 2.24) is 25.1 Å². The minimum Gasteiger partial charge on any atom is -0.358 e. The highest BCUT2D eigenvalue weighted by molar-refractivity contribution is 5.96. The van der Waals surface area contributed by atoms with Crippen LogP contribution in [0, 0.1) is 13.8 Å². The Morgan fingerprint density at radius 3 is 2.53 bits per heavy atom. The number of nitrogens with zero attached hydrogens (tertiary/aromatic N) is 4. The Morgan fingerprint density at radius 2 is 1.79 bits per heavy atom. The topological polar surface area (TPSA) is 90.5 Å². The number of aryl methyl sites for hydroxylation is 2. The lowest BCUT2D eigenvalue weighted by Gasteiger charge is -2.40. The third-order valence-corrected chi connectivity index (χ3v) is 5.90. The molecule has 3 aromatic rings. The molecule has 34 heavy (non-hydrogen) atoms. The van der Waals surface area contributed by atoms with Crippen LogP contribution in [0.25, 0.3) is 0 Å². The fraction of sp³-hybridized carbons (Fsp3) is 0.308. The molecule has 0 bridgehead atoms. The number of aromatic nitrogens is 2. The number of amides is 2. The lowest BCUT2D eigenvalue weighted by molar-refractivity contribution is -0.128. The van der Waals surface area contributed by atoms with Crippen LogP contribution in [-0.2, 0) is 11.3 Å². The first kappa shape index (κ1) is 23.4. The van der Waals surface area contributed by atoms with Crippen LogP contribution in [0.1, 0.15) is 27.4 Å². The Morgan fingerprint density at radius 1 is 1.00 bits per heavy atom. The van der Waals surface area contributed by atoms with Gasteiger partial charge >= 0.3 is 0 Å². The highest BCUT2D eigenvalue weighted by Gasteiger charge is 2.34. The first-order valence-electron chi connectivity index (χ1n) is 11.4. The minimum atomic E-state index is -0.406. The van der Waals surface area contributed by atoms with Crippen LogP contribution in [0.15, 0.2) is 60.7 Å². The Hall–Kier alpha value is -3.78. The van der Waals surface area contributed by atoms with Crippen LogP contribution in [0.2, 0.25) is 0 Å². The zero-order chi connectivity index (χ0) is 24.1. The molecule has 1 aliphatic rings. The van der Waals surface area contributed by atoms with Crippen LogP contribution in [0.3, 0.4) is 0 Å². The Kier molecular flexibility index (Phi) is 7.18. The van der Waals surface area contributed by atoms with Crippen molar-refractivity contribution in [3.8, 4) is 0 Å². The summed E-state index contributed by atoms with van der Waals surface area (Å²) in [5, 5.41) is 6.01. The second-order valence-electron chi connectivity index (χ2n) is 8.48. The zero-order valence-corrected chi connectivity index (χ0v) is 19.8. The summed E-state index contributed by atoms with van der Waals surface area (Å²) in [6.45, 7) is 5.95. The van der Waals surface area contributed by atoms with Crippen molar-refractivity contribution >= 4 is 23.3 Å². The lowest BCUT2D eigenvalue weighted by atomic mass is 10.1. The van der Waals surface area contributed by atoms with Gasteiger partial charge in [-0.1, -0.05) is 36.4 Å². The Labute approximate surface area is 200 Å². The molecule has 2 N–H and O–H groups in total. The Bertz CT molecular complexity index is 1150. The van der Waals surface area contributed by atoms with E-state index in [4.69, 9.17) is 0 Å². The summed E-state index contributed by atoms with van der Waals surface area (Å²) >= 11 is 0. The van der Waals surface area contributed by atoms with Crippen molar-refractivity contribution in [2.24, 2.45) is 0 Å². The second kappa shape index (κ2) is 10.4. The van der Waals surface area contributed by atoms with Gasteiger partial charge in [0.25, 0.3) is 5.91 Å². The van der Waals surface area contributed by atoms with E-state index in [0.717, 1.165) is 16.9 Å². The maximum absolute atomic E-state index is 13.4. The van der Waals surface area contributed by atoms with E-state index in [1.807, 2.05) is 56.3 Å². The molecule has 2 aromatic carbocycles. The first-order chi connectivity index (χ1) is 16.4. The molecule has 0 saturated carbocycles. The molecule has 4 rings (SSSR count). The molecule has 1 unspecified atom stereocenters. The molecule has 1 saturated heterocycles. The van der Waals surface area contributed by atoms with Gasteiger partial charge in [0.15, 0.2) is 0 Å². The lowest BCUT2D eigenvalue weighted by Crippen LogP contribution is -2.59. The van der Waals surface area contributed by atoms with Gasteiger partial charge in [-0.15, -0.1) is 0 Å². The molecular formula is C26H30N6O2. The number of hydrogen-bond donors (Lipinski definition) is 2. The largest absolute Gasteiger partial charge is 0.358 e. The van der Waals surface area contributed by atoms with Gasteiger partial charge in [-0.05, 0) is 37.6 Å². The molecule has 1 atom stereocenters. The second-order valence-corrected chi connectivity index (χ2v) is 8.48. The molecule has 1 fully saturated rings. The van der Waals surface area contributed by atoms with Crippen molar-refractivity contribution in [3.05, 3.63) is 83.3 Å². The van der Waals surface area contributed by atoms with Gasteiger partial charge in [0.05, 0.1) is 0 Å². The molecular weight excluding hydrogens is 428 g/mol. The number of piperazine rings is 1. The van der Waals surface area contributed by atoms with Crippen molar-refractivity contribution in [3.63, 3.8) is 0 Å². The SMILES string of the molecule is CNC(=O)C1CN(C(=O)c2cccc(Nc3cc(C)nc(C)n3)c2)CCN1Cc1ccccc1. The van der Waals surface area contributed by atoms with Crippen molar-refractivity contribution < 1.29 is 9.59 Å². The average molecular weight is 459 g/mol. The molecule has 0 spiro atoms. The number of anilines is 2. The molecule has 2 amide bonds. The standard InChI is InChI=1S/C26H30N6O2/c1-18-14-24(29-19(2)28-18)30-22-11-7-10-21(15-22)26(34)32-13-12-31(23(17-32)25(33)27-3)16-20-8-5-4-6-9-20/h4-11,14-15,23H,12-13,16-17H2,1-3H3,(H,27,33)(H,28,29,30). The number of nitrogens with one attached hydrogen (secondary N) is 2. The minimum absolute atomic E-state index is 0.0849. The van der Waals surface area contributed by atoms with Gasteiger partial charge in [-0.25, -0.2) is 9.97 Å². The third kappa shape index (κ3) is 5.58. The molecule has 0 radical (unpaired) electrons. The van der Waals surface area contributed by atoms with E-state index in [2.05, 4.69) is 37.6 Å². The summed E-state index contributed by atoms with van der Waals surface area (Å²) in [5.41, 5.74) is 3.36. The number of likely N-dealkylation sites (N-methyl/N-ethyl adjacent to an activating group) is 1. The van der Waals surface area contributed by atoms with Gasteiger partial charge < -0.3 is 15.5 Å². The molecule has 2 heterocycles. The van der Waals surface area contributed by atoms with Gasteiger partial charge in [-0.2, -0.15) is 0 Å². The molecule has 8 nitrogen and oxygen atoms in total. The van der Waals surface area contributed by atoms with E-state index in [1.165, 1.54) is 0 Å². The van der Waals surface area contributed by atoms with Crippen LogP contribution in [-0.4, -0.2) is 64.3 Å². The molecule has 1 aliphatic heterocycles.